The van der Waals surface area contributed by atoms with Gasteiger partial charge in [0.2, 0.25) is 5.91 Å². The number of benzene rings is 1. The number of thioether (sulfide) groups is 1. The smallest absolute Gasteiger partial charge is 0.311 e. The highest BCUT2D eigenvalue weighted by Gasteiger charge is 2.25. The third kappa shape index (κ3) is 5.83. The van der Waals surface area contributed by atoms with E-state index in [1.807, 2.05) is 24.3 Å². The van der Waals surface area contributed by atoms with E-state index < -0.39 is 0 Å². The average molecular weight is 471 g/mol. The predicted molar refractivity (Wildman–Crippen MR) is 124 cm³/mol. The van der Waals surface area contributed by atoms with Crippen LogP contribution in [-0.4, -0.2) is 46.2 Å². The lowest BCUT2D eigenvalue weighted by Gasteiger charge is -2.10. The van der Waals surface area contributed by atoms with E-state index in [2.05, 4.69) is 20.6 Å². The lowest BCUT2D eigenvalue weighted by atomic mass is 10.1. The van der Waals surface area contributed by atoms with E-state index in [9.17, 15) is 14.4 Å². The van der Waals surface area contributed by atoms with Crippen LogP contribution < -0.4 is 10.6 Å². The van der Waals surface area contributed by atoms with Crippen LogP contribution in [0.1, 0.15) is 35.8 Å². The minimum absolute atomic E-state index is 0.0711. The average Bonchev–Trinajstić information content (AvgIpc) is 3.49. The molecule has 2 aromatic heterocycles. The van der Waals surface area contributed by atoms with Crippen molar-refractivity contribution in [3.8, 4) is 0 Å². The molecule has 3 aromatic rings. The number of esters is 1. The molecule has 0 bridgehead atoms. The Morgan fingerprint density at radius 2 is 2.03 bits per heavy atom. The summed E-state index contributed by atoms with van der Waals surface area (Å²) in [6.45, 7) is 2.06. The summed E-state index contributed by atoms with van der Waals surface area (Å²) in [6, 6.07) is 9.47. The second kappa shape index (κ2) is 10.1. The Morgan fingerprint density at radius 3 is 2.81 bits per heavy atom. The Morgan fingerprint density at radius 1 is 1.22 bits per heavy atom. The number of aromatic nitrogens is 2. The minimum Gasteiger partial charge on any atom is -0.466 e. The van der Waals surface area contributed by atoms with Gasteiger partial charge in [0.1, 0.15) is 0 Å². The van der Waals surface area contributed by atoms with Crippen molar-refractivity contribution in [3.05, 3.63) is 47.0 Å². The van der Waals surface area contributed by atoms with E-state index in [0.29, 0.717) is 33.5 Å². The van der Waals surface area contributed by atoms with Crippen molar-refractivity contribution >= 4 is 56.9 Å². The molecule has 2 N–H and O–H groups in total. The van der Waals surface area contributed by atoms with Gasteiger partial charge < -0.3 is 15.4 Å². The van der Waals surface area contributed by atoms with Gasteiger partial charge in [0, 0.05) is 16.8 Å². The first-order valence-electron chi connectivity index (χ1n) is 10.2. The molecule has 0 spiro atoms. The molecular formula is C22H22N4O4S2. The first-order valence-corrected chi connectivity index (χ1v) is 12.1. The van der Waals surface area contributed by atoms with Crippen molar-refractivity contribution in [1.29, 1.82) is 0 Å². The van der Waals surface area contributed by atoms with E-state index in [1.54, 1.807) is 18.4 Å². The van der Waals surface area contributed by atoms with Crippen molar-refractivity contribution in [3.63, 3.8) is 0 Å². The summed E-state index contributed by atoms with van der Waals surface area (Å²) in [5, 5.41) is 9.28. The zero-order chi connectivity index (χ0) is 22.5. The highest BCUT2D eigenvalue weighted by Crippen LogP contribution is 2.26. The van der Waals surface area contributed by atoms with Crippen LogP contribution in [-0.2, 0) is 20.7 Å². The molecular weight excluding hydrogens is 448 g/mol. The normalized spacial score (nSPS) is 13.0. The van der Waals surface area contributed by atoms with Gasteiger partial charge in [-0.1, -0.05) is 30.0 Å². The maximum absolute atomic E-state index is 12.7. The molecule has 0 radical (unpaired) electrons. The van der Waals surface area contributed by atoms with Crippen LogP contribution in [0.4, 0.5) is 5.13 Å². The number of pyridine rings is 1. The second-order valence-corrected chi connectivity index (χ2v) is 9.09. The number of thiazole rings is 1. The quantitative estimate of drug-likeness (QED) is 0.364. The molecule has 166 valence electrons. The first kappa shape index (κ1) is 22.2. The third-order valence-electron chi connectivity index (χ3n) is 4.63. The number of rotatable bonds is 9. The zero-order valence-electron chi connectivity index (χ0n) is 17.4. The molecule has 0 aliphatic heterocycles. The number of carbonyl (C=O) groups is 3. The number of nitrogens with zero attached hydrogens (tertiary/aromatic N) is 2. The Balaban J connectivity index is 1.39. The molecule has 2 heterocycles. The maximum Gasteiger partial charge on any atom is 0.311 e. The van der Waals surface area contributed by atoms with Gasteiger partial charge in [-0.2, -0.15) is 0 Å². The monoisotopic (exact) mass is 470 g/mol. The molecule has 0 unspecified atom stereocenters. The fraction of sp³-hybridized carbons (Fsp3) is 0.318. The fourth-order valence-electron chi connectivity index (χ4n) is 3.00. The summed E-state index contributed by atoms with van der Waals surface area (Å²) in [6.07, 6.45) is 2.09. The highest BCUT2D eigenvalue weighted by atomic mass is 32.2. The Hall–Kier alpha value is -2.98. The lowest BCUT2D eigenvalue weighted by molar-refractivity contribution is -0.142. The molecule has 1 fully saturated rings. The zero-order valence-corrected chi connectivity index (χ0v) is 19.1. The van der Waals surface area contributed by atoms with Crippen molar-refractivity contribution < 1.29 is 19.1 Å². The van der Waals surface area contributed by atoms with Crippen molar-refractivity contribution in [2.45, 2.75) is 37.3 Å². The fourth-order valence-corrected chi connectivity index (χ4v) is 4.45. The van der Waals surface area contributed by atoms with E-state index in [-0.39, 0.29) is 36.0 Å². The number of nitrogens with one attached hydrogen (secondary N) is 2. The molecule has 4 rings (SSSR count). The summed E-state index contributed by atoms with van der Waals surface area (Å²) >= 11 is 2.50. The molecule has 0 saturated heterocycles. The number of anilines is 1. The van der Waals surface area contributed by atoms with Gasteiger partial charge in [-0.25, -0.2) is 9.97 Å². The number of para-hydroxylation sites is 1. The van der Waals surface area contributed by atoms with Crippen LogP contribution in [0.25, 0.3) is 10.9 Å². The third-order valence-corrected chi connectivity index (χ3v) is 6.35. The number of fused-ring (bicyclic) bond motifs is 1. The molecule has 10 heteroatoms. The van der Waals surface area contributed by atoms with Crippen LogP contribution in [0.5, 0.6) is 0 Å². The van der Waals surface area contributed by atoms with E-state index in [0.717, 1.165) is 18.2 Å². The van der Waals surface area contributed by atoms with Crippen molar-refractivity contribution in [2.75, 3.05) is 17.7 Å². The Bertz CT molecular complexity index is 1160. The highest BCUT2D eigenvalue weighted by molar-refractivity contribution is 7.99. The van der Waals surface area contributed by atoms with Crippen LogP contribution in [0.2, 0.25) is 0 Å². The topological polar surface area (TPSA) is 110 Å². The van der Waals surface area contributed by atoms with Crippen LogP contribution in [0.3, 0.4) is 0 Å². The Labute approximate surface area is 193 Å². The molecule has 1 saturated carbocycles. The van der Waals surface area contributed by atoms with Gasteiger partial charge in [-0.05, 0) is 31.9 Å². The standard InChI is InChI=1S/C22H22N4O4S2/c1-2-30-20(28)9-14-11-32-22(24-14)26-18(27)12-31-19-10-16(21(29)23-13-7-8-13)15-5-3-4-6-17(15)25-19/h3-6,10-11,13H,2,7-9,12H2,1H3,(H,23,29)(H,24,26,27). The van der Waals surface area contributed by atoms with Crippen LogP contribution in [0, 0.1) is 0 Å². The Kier molecular flexibility index (Phi) is 7.01. The molecule has 8 nitrogen and oxygen atoms in total. The first-order chi connectivity index (χ1) is 15.5. The van der Waals surface area contributed by atoms with E-state index in [1.165, 1.54) is 23.1 Å². The summed E-state index contributed by atoms with van der Waals surface area (Å²) in [5.74, 6) is -0.600. The summed E-state index contributed by atoms with van der Waals surface area (Å²) in [4.78, 5) is 45.5. The van der Waals surface area contributed by atoms with Gasteiger partial charge in [-0.15, -0.1) is 11.3 Å². The summed E-state index contributed by atoms with van der Waals surface area (Å²) < 4.78 is 4.90. The largest absolute Gasteiger partial charge is 0.466 e. The second-order valence-electron chi connectivity index (χ2n) is 7.24. The van der Waals surface area contributed by atoms with Crippen LogP contribution >= 0.6 is 23.1 Å². The molecule has 1 aromatic carbocycles. The number of hydrogen-bond donors (Lipinski definition) is 2. The van der Waals surface area contributed by atoms with Gasteiger partial charge >= 0.3 is 5.97 Å². The molecule has 0 atom stereocenters. The minimum atomic E-state index is -0.352. The van der Waals surface area contributed by atoms with Gasteiger partial charge in [0.05, 0.1) is 40.6 Å². The van der Waals surface area contributed by atoms with Gasteiger partial charge in [0.25, 0.3) is 5.91 Å². The predicted octanol–water partition coefficient (Wildman–Crippen LogP) is 3.42. The van der Waals surface area contributed by atoms with Gasteiger partial charge in [0.15, 0.2) is 5.13 Å². The van der Waals surface area contributed by atoms with Crippen LogP contribution in [0.15, 0.2) is 40.7 Å². The molecule has 32 heavy (non-hydrogen) atoms. The van der Waals surface area contributed by atoms with E-state index >= 15 is 0 Å². The molecule has 1 aliphatic carbocycles. The van der Waals surface area contributed by atoms with E-state index in [4.69, 9.17) is 4.74 Å². The number of carbonyl (C=O) groups excluding carboxylic acids is 3. The maximum atomic E-state index is 12.7. The van der Waals surface area contributed by atoms with Gasteiger partial charge in [-0.3, -0.25) is 14.4 Å². The van der Waals surface area contributed by atoms with Crippen molar-refractivity contribution in [2.24, 2.45) is 0 Å². The number of ether oxygens (including phenoxy) is 1. The molecule has 1 aliphatic rings. The number of amides is 2. The van der Waals surface area contributed by atoms with Crippen molar-refractivity contribution in [1.82, 2.24) is 15.3 Å². The SMILES string of the molecule is CCOC(=O)Cc1csc(NC(=O)CSc2cc(C(=O)NC3CC3)c3ccccc3n2)n1. The summed E-state index contributed by atoms with van der Waals surface area (Å²) in [5.41, 5.74) is 1.83. The molecule has 2 amide bonds. The summed E-state index contributed by atoms with van der Waals surface area (Å²) in [7, 11) is 0. The lowest BCUT2D eigenvalue weighted by Crippen LogP contribution is -2.25. The number of hydrogen-bond acceptors (Lipinski definition) is 8.